The Hall–Kier alpha value is -3.69. The predicted molar refractivity (Wildman–Crippen MR) is 175 cm³/mol. The largest absolute Gasteiger partial charge is 0.462 e. The second-order valence-corrected chi connectivity index (χ2v) is 15.2. The molecule has 3 aromatic rings. The van der Waals surface area contributed by atoms with E-state index in [1.54, 1.807) is 62.3 Å². The topological polar surface area (TPSA) is 102 Å². The molecule has 0 aliphatic carbocycles. The molecule has 1 aliphatic rings. The molecule has 46 heavy (non-hydrogen) atoms. The van der Waals surface area contributed by atoms with Crippen molar-refractivity contribution in [3.05, 3.63) is 71.9 Å². The van der Waals surface area contributed by atoms with Crippen LogP contribution in [0, 0.1) is 16.2 Å². The van der Waals surface area contributed by atoms with Crippen LogP contribution in [-0.2, 0) is 51.7 Å². The van der Waals surface area contributed by atoms with Crippen LogP contribution in [-0.4, -0.2) is 53.5 Å². The number of ether oxygens (including phenoxy) is 5. The van der Waals surface area contributed by atoms with Crippen LogP contribution in [0.1, 0.15) is 79.5 Å². The molecule has 0 bridgehead atoms. The zero-order valence-corrected chi connectivity index (χ0v) is 28.8. The average molecular weight is 636 g/mol. The van der Waals surface area contributed by atoms with E-state index in [4.69, 9.17) is 23.7 Å². The van der Waals surface area contributed by atoms with Gasteiger partial charge >= 0.3 is 17.9 Å². The predicted octanol–water partition coefficient (Wildman–Crippen LogP) is 6.71. The van der Waals surface area contributed by atoms with E-state index in [1.165, 1.54) is 0 Å². The molecule has 0 saturated carbocycles. The van der Waals surface area contributed by atoms with Gasteiger partial charge in [-0.1, -0.05) is 36.4 Å². The molecular formula is C37H49NO8. The molecule has 0 radical (unpaired) electrons. The Kier molecular flexibility index (Phi) is 10.4. The van der Waals surface area contributed by atoms with Gasteiger partial charge in [0.25, 0.3) is 0 Å². The lowest BCUT2D eigenvalue weighted by Crippen LogP contribution is -2.60. The van der Waals surface area contributed by atoms with Crippen molar-refractivity contribution >= 4 is 28.8 Å². The van der Waals surface area contributed by atoms with Crippen molar-refractivity contribution in [2.75, 3.05) is 6.61 Å². The normalized spacial score (nSPS) is 22.3. The summed E-state index contributed by atoms with van der Waals surface area (Å²) in [4.78, 5) is 39.9. The van der Waals surface area contributed by atoms with Crippen LogP contribution < -0.4 is 0 Å². The van der Waals surface area contributed by atoms with Crippen molar-refractivity contribution < 1.29 is 38.1 Å². The molecule has 1 aliphatic heterocycles. The summed E-state index contributed by atoms with van der Waals surface area (Å²) in [6.45, 7) is 15.7. The van der Waals surface area contributed by atoms with Crippen LogP contribution in [0.25, 0.3) is 10.9 Å². The summed E-state index contributed by atoms with van der Waals surface area (Å²) < 4.78 is 33.5. The number of carbonyl (C=O) groups excluding carboxylic acids is 3. The number of aryl methyl sites for hydroxylation is 1. The van der Waals surface area contributed by atoms with Crippen molar-refractivity contribution in [2.24, 2.45) is 23.3 Å². The first kappa shape index (κ1) is 35.2. The first-order valence-electron chi connectivity index (χ1n) is 15.8. The summed E-state index contributed by atoms with van der Waals surface area (Å²) in [5, 5.41) is 0.991. The SMILES string of the molecule is Cn1ccc2cc([C@@H]3O[C@H](COC(=O)C(C)(C)C)[C@@H](OC(=O)C(C)(C)C)[C@H](OC(=O)C(C)(C)C)[C@H]3OCc3ccccc3)ccc21. The fourth-order valence-electron chi connectivity index (χ4n) is 4.99. The third-order valence-corrected chi connectivity index (χ3v) is 7.86. The smallest absolute Gasteiger partial charge is 0.311 e. The number of benzene rings is 2. The van der Waals surface area contributed by atoms with Crippen molar-refractivity contribution in [1.29, 1.82) is 0 Å². The number of rotatable bonds is 8. The van der Waals surface area contributed by atoms with Crippen molar-refractivity contribution in [3.8, 4) is 0 Å². The summed E-state index contributed by atoms with van der Waals surface area (Å²) >= 11 is 0. The minimum Gasteiger partial charge on any atom is -0.462 e. The van der Waals surface area contributed by atoms with Gasteiger partial charge in [0, 0.05) is 18.8 Å². The maximum absolute atomic E-state index is 13.6. The van der Waals surface area contributed by atoms with Crippen LogP contribution in [0.5, 0.6) is 0 Å². The van der Waals surface area contributed by atoms with Crippen LogP contribution in [0.15, 0.2) is 60.8 Å². The maximum Gasteiger partial charge on any atom is 0.311 e. The first-order valence-corrected chi connectivity index (χ1v) is 15.8. The molecule has 0 N–H and O–H groups in total. The average Bonchev–Trinajstić information content (AvgIpc) is 3.34. The van der Waals surface area contributed by atoms with Gasteiger partial charge in [-0.2, -0.15) is 0 Å². The Morgan fingerprint density at radius 1 is 0.739 bits per heavy atom. The standard InChI is InChI=1S/C37H49NO8/c1-35(2,3)32(39)43-22-27-29(45-33(40)36(4,5)6)31(46-34(41)37(7,8)9)30(42-21-23-14-12-11-13-15-23)28(44-27)25-16-17-26-24(20-25)18-19-38(26)10/h11-20,27-31H,21-22H2,1-10H3/t27-,28+,29-,30+,31+/m1/s1. The lowest BCUT2D eigenvalue weighted by molar-refractivity contribution is -0.265. The van der Waals surface area contributed by atoms with Gasteiger partial charge in [0.15, 0.2) is 12.2 Å². The highest BCUT2D eigenvalue weighted by Crippen LogP contribution is 2.40. The number of fused-ring (bicyclic) bond motifs is 1. The summed E-state index contributed by atoms with van der Waals surface area (Å²) in [7, 11) is 1.97. The molecule has 0 spiro atoms. The van der Waals surface area contributed by atoms with Gasteiger partial charge in [-0.15, -0.1) is 0 Å². The Morgan fingerprint density at radius 3 is 1.91 bits per heavy atom. The molecule has 0 unspecified atom stereocenters. The molecule has 1 fully saturated rings. The van der Waals surface area contributed by atoms with Crippen LogP contribution in [0.3, 0.4) is 0 Å². The third-order valence-electron chi connectivity index (χ3n) is 7.86. The van der Waals surface area contributed by atoms with E-state index in [9.17, 15) is 14.4 Å². The highest BCUT2D eigenvalue weighted by molar-refractivity contribution is 5.81. The summed E-state index contributed by atoms with van der Waals surface area (Å²) in [5.74, 6) is -1.45. The lowest BCUT2D eigenvalue weighted by atomic mass is 9.88. The van der Waals surface area contributed by atoms with Gasteiger partial charge in [0.05, 0.1) is 22.9 Å². The van der Waals surface area contributed by atoms with E-state index in [0.29, 0.717) is 0 Å². The van der Waals surface area contributed by atoms with E-state index < -0.39 is 64.7 Å². The summed E-state index contributed by atoms with van der Waals surface area (Å²) in [6.07, 6.45) is -2.88. The molecule has 1 saturated heterocycles. The number of aromatic nitrogens is 1. The molecule has 9 nitrogen and oxygen atoms in total. The van der Waals surface area contributed by atoms with E-state index in [2.05, 4.69) is 0 Å². The van der Waals surface area contributed by atoms with Crippen LogP contribution in [0.4, 0.5) is 0 Å². The number of hydrogen-bond acceptors (Lipinski definition) is 8. The highest BCUT2D eigenvalue weighted by atomic mass is 16.6. The molecule has 0 amide bonds. The molecule has 9 heteroatoms. The van der Waals surface area contributed by atoms with Gasteiger partial charge < -0.3 is 28.3 Å². The molecular weight excluding hydrogens is 586 g/mol. The Balaban J connectivity index is 1.84. The molecule has 2 heterocycles. The van der Waals surface area contributed by atoms with Crippen LogP contribution >= 0.6 is 0 Å². The fraction of sp³-hybridized carbons (Fsp3) is 0.541. The van der Waals surface area contributed by atoms with E-state index in [1.807, 2.05) is 72.4 Å². The van der Waals surface area contributed by atoms with Gasteiger partial charge in [-0.3, -0.25) is 14.4 Å². The van der Waals surface area contributed by atoms with E-state index >= 15 is 0 Å². The quantitative estimate of drug-likeness (QED) is 0.199. The third kappa shape index (κ3) is 8.36. The van der Waals surface area contributed by atoms with Crippen molar-refractivity contribution in [3.63, 3.8) is 0 Å². The summed E-state index contributed by atoms with van der Waals surface area (Å²) in [6, 6.07) is 17.6. The zero-order valence-electron chi connectivity index (χ0n) is 28.8. The van der Waals surface area contributed by atoms with Crippen molar-refractivity contribution in [1.82, 2.24) is 4.57 Å². The molecule has 4 rings (SSSR count). The molecule has 5 atom stereocenters. The zero-order chi connectivity index (χ0) is 34.0. The Bertz CT molecular complexity index is 1520. The molecule has 250 valence electrons. The second kappa shape index (κ2) is 13.6. The number of esters is 3. The number of nitrogens with zero attached hydrogens (tertiary/aromatic N) is 1. The highest BCUT2D eigenvalue weighted by Gasteiger charge is 2.53. The Morgan fingerprint density at radius 2 is 1.33 bits per heavy atom. The van der Waals surface area contributed by atoms with Gasteiger partial charge in [0.1, 0.15) is 24.9 Å². The minimum absolute atomic E-state index is 0.187. The molecule has 1 aromatic heterocycles. The first-order chi connectivity index (χ1) is 21.4. The van der Waals surface area contributed by atoms with E-state index in [0.717, 1.165) is 22.0 Å². The monoisotopic (exact) mass is 635 g/mol. The van der Waals surface area contributed by atoms with Gasteiger partial charge in [0.2, 0.25) is 0 Å². The maximum atomic E-state index is 13.6. The van der Waals surface area contributed by atoms with E-state index in [-0.39, 0.29) is 13.2 Å². The summed E-state index contributed by atoms with van der Waals surface area (Å²) in [5.41, 5.74) is 0.202. The second-order valence-electron chi connectivity index (χ2n) is 15.2. The molecule has 2 aromatic carbocycles. The fourth-order valence-corrected chi connectivity index (χ4v) is 4.99. The number of carbonyl (C=O) groups is 3. The van der Waals surface area contributed by atoms with Crippen LogP contribution in [0.2, 0.25) is 0 Å². The van der Waals surface area contributed by atoms with Gasteiger partial charge in [-0.25, -0.2) is 0 Å². The lowest BCUT2D eigenvalue weighted by Gasteiger charge is -2.46. The Labute approximate surface area is 272 Å². The van der Waals surface area contributed by atoms with Crippen molar-refractivity contribution in [2.45, 2.75) is 99.4 Å². The number of hydrogen-bond donors (Lipinski definition) is 0. The van der Waals surface area contributed by atoms with Gasteiger partial charge in [-0.05, 0) is 97.0 Å². The minimum atomic E-state index is -1.14.